The lowest BCUT2D eigenvalue weighted by atomic mass is 10.0. The van der Waals surface area contributed by atoms with Crippen molar-refractivity contribution in [2.45, 2.75) is 64.5 Å². The Balaban J connectivity index is 1.13. The summed E-state index contributed by atoms with van der Waals surface area (Å²) in [5.74, 6) is -0.305. The number of hydrogen-bond acceptors (Lipinski definition) is 4. The van der Waals surface area contributed by atoms with E-state index in [1.165, 1.54) is 24.0 Å². The summed E-state index contributed by atoms with van der Waals surface area (Å²) in [6.07, 6.45) is 8.21. The summed E-state index contributed by atoms with van der Waals surface area (Å²) in [5, 5.41) is 6.12. The molecule has 3 amide bonds. The topological polar surface area (TPSA) is 97.5 Å². The summed E-state index contributed by atoms with van der Waals surface area (Å²) < 4.78 is 0. The number of amides is 3. The van der Waals surface area contributed by atoms with E-state index in [-0.39, 0.29) is 29.8 Å². The molecule has 4 aliphatic rings. The zero-order chi connectivity index (χ0) is 29.7. The molecule has 4 heterocycles. The average molecular weight is 578 g/mol. The summed E-state index contributed by atoms with van der Waals surface area (Å²) >= 11 is 0. The number of aromatic amines is 1. The van der Waals surface area contributed by atoms with Gasteiger partial charge >= 0.3 is 0 Å². The molecule has 1 aromatic heterocycles. The lowest BCUT2D eigenvalue weighted by Gasteiger charge is -2.28. The molecule has 43 heavy (non-hydrogen) atoms. The lowest BCUT2D eigenvalue weighted by molar-refractivity contribution is -0.110. The molecule has 0 spiro atoms. The van der Waals surface area contributed by atoms with Gasteiger partial charge in [0.1, 0.15) is 0 Å². The Bertz CT molecular complexity index is 1650. The largest absolute Gasteiger partial charge is 0.358 e. The van der Waals surface area contributed by atoms with Gasteiger partial charge in [0.25, 0.3) is 17.7 Å². The van der Waals surface area contributed by atoms with E-state index in [9.17, 15) is 14.4 Å². The zero-order valence-electron chi connectivity index (χ0n) is 25.0. The van der Waals surface area contributed by atoms with Gasteiger partial charge in [-0.1, -0.05) is 24.3 Å². The number of likely N-dealkylation sites (tertiary alicyclic amines) is 2. The van der Waals surface area contributed by atoms with Gasteiger partial charge in [-0.15, -0.1) is 0 Å². The number of H-pyrrole nitrogens is 1. The standard InChI is InChI=1S/C35H39N5O3/c1-21-31(36-22(2)32(21)35(43)40-17-7-9-25(40)20-39-15-5-6-16-39)19-28-27-18-24(12-14-30(27)38-34(28)42)33(41)37-29-13-11-23-8-3-4-10-26(23)29/h3-4,8,10,12,14,18-19,25,29,36H,5-7,9,11,13,15-17,20H2,1-2H3,(H,37,41)(H,38,42)/t25-,29+/m1/s1. The molecule has 2 aromatic carbocycles. The predicted octanol–water partition coefficient (Wildman–Crippen LogP) is 5.24. The van der Waals surface area contributed by atoms with Gasteiger partial charge in [-0.2, -0.15) is 0 Å². The number of nitrogens with zero attached hydrogens (tertiary/aromatic N) is 2. The number of nitrogens with one attached hydrogen (secondary N) is 3. The first kappa shape index (κ1) is 27.7. The first-order valence-electron chi connectivity index (χ1n) is 15.7. The Morgan fingerprint density at radius 1 is 1.02 bits per heavy atom. The molecule has 1 aliphatic carbocycles. The minimum atomic E-state index is -0.220. The van der Waals surface area contributed by atoms with Gasteiger partial charge in [-0.3, -0.25) is 14.4 Å². The molecule has 3 aliphatic heterocycles. The number of carbonyl (C=O) groups is 3. The number of anilines is 1. The number of aryl methyl sites for hydroxylation is 2. The Kier molecular flexibility index (Phi) is 7.17. The number of benzene rings is 2. The van der Waals surface area contributed by atoms with Crippen molar-refractivity contribution in [3.8, 4) is 0 Å². The van der Waals surface area contributed by atoms with E-state index in [4.69, 9.17) is 0 Å². The van der Waals surface area contributed by atoms with Crippen LogP contribution in [-0.2, 0) is 11.2 Å². The Hall–Kier alpha value is -4.17. The van der Waals surface area contributed by atoms with Gasteiger partial charge in [0.2, 0.25) is 0 Å². The smallest absolute Gasteiger partial charge is 0.256 e. The maximum Gasteiger partial charge on any atom is 0.256 e. The van der Waals surface area contributed by atoms with Gasteiger partial charge < -0.3 is 25.4 Å². The zero-order valence-corrected chi connectivity index (χ0v) is 25.0. The van der Waals surface area contributed by atoms with Crippen LogP contribution < -0.4 is 10.6 Å². The van der Waals surface area contributed by atoms with Gasteiger partial charge in [-0.25, -0.2) is 0 Å². The second-order valence-corrected chi connectivity index (χ2v) is 12.5. The van der Waals surface area contributed by atoms with E-state index >= 15 is 0 Å². The van der Waals surface area contributed by atoms with E-state index in [1.807, 2.05) is 32.1 Å². The minimum Gasteiger partial charge on any atom is -0.358 e. The van der Waals surface area contributed by atoms with Gasteiger partial charge in [0.05, 0.1) is 17.2 Å². The van der Waals surface area contributed by atoms with E-state index in [2.05, 4.69) is 37.6 Å². The van der Waals surface area contributed by atoms with Crippen molar-refractivity contribution < 1.29 is 14.4 Å². The molecular formula is C35H39N5O3. The lowest BCUT2D eigenvalue weighted by Crippen LogP contribution is -2.42. The quantitative estimate of drug-likeness (QED) is 0.349. The second-order valence-electron chi connectivity index (χ2n) is 12.5. The normalized spacial score (nSPS) is 22.2. The van der Waals surface area contributed by atoms with Crippen molar-refractivity contribution in [3.63, 3.8) is 0 Å². The van der Waals surface area contributed by atoms with Crippen molar-refractivity contribution in [2.24, 2.45) is 0 Å². The highest BCUT2D eigenvalue weighted by atomic mass is 16.2. The van der Waals surface area contributed by atoms with Crippen LogP contribution >= 0.6 is 0 Å². The SMILES string of the molecule is Cc1[nH]c(C=C2C(=O)Nc3ccc(C(=O)N[C@H]4CCc5ccccc54)cc32)c(C)c1C(=O)N1CCC[C@@H]1CN1CCCC1. The van der Waals surface area contributed by atoms with Gasteiger partial charge in [0.15, 0.2) is 0 Å². The molecule has 2 atom stereocenters. The van der Waals surface area contributed by atoms with Crippen molar-refractivity contribution in [3.05, 3.63) is 87.2 Å². The fourth-order valence-corrected chi connectivity index (χ4v) is 7.50. The van der Waals surface area contributed by atoms with Crippen molar-refractivity contribution in [1.82, 2.24) is 20.1 Å². The number of aromatic nitrogens is 1. The molecule has 8 heteroatoms. The van der Waals surface area contributed by atoms with Crippen LogP contribution in [0.15, 0.2) is 42.5 Å². The van der Waals surface area contributed by atoms with E-state index in [1.54, 1.807) is 18.2 Å². The molecule has 8 nitrogen and oxygen atoms in total. The number of carbonyl (C=O) groups excluding carboxylic acids is 3. The molecule has 0 saturated carbocycles. The fourth-order valence-electron chi connectivity index (χ4n) is 7.50. The maximum atomic E-state index is 13.9. The Morgan fingerprint density at radius 2 is 1.84 bits per heavy atom. The summed E-state index contributed by atoms with van der Waals surface area (Å²) in [7, 11) is 0. The van der Waals surface area contributed by atoms with E-state index in [0.29, 0.717) is 28.0 Å². The van der Waals surface area contributed by atoms with Crippen LogP contribution in [0.1, 0.15) is 92.5 Å². The second kappa shape index (κ2) is 11.2. The number of hydrogen-bond donors (Lipinski definition) is 3. The number of rotatable bonds is 6. The molecule has 0 bridgehead atoms. The molecule has 2 fully saturated rings. The highest BCUT2D eigenvalue weighted by Crippen LogP contribution is 2.36. The van der Waals surface area contributed by atoms with Crippen molar-refractivity contribution >= 4 is 35.1 Å². The first-order chi connectivity index (χ1) is 20.9. The monoisotopic (exact) mass is 577 g/mol. The molecule has 3 N–H and O–H groups in total. The summed E-state index contributed by atoms with van der Waals surface area (Å²) in [6.45, 7) is 7.86. The third-order valence-electron chi connectivity index (χ3n) is 9.79. The molecular weight excluding hydrogens is 538 g/mol. The van der Waals surface area contributed by atoms with Crippen LogP contribution in [0.4, 0.5) is 5.69 Å². The van der Waals surface area contributed by atoms with E-state index in [0.717, 1.165) is 68.8 Å². The Morgan fingerprint density at radius 3 is 2.67 bits per heavy atom. The third-order valence-corrected chi connectivity index (χ3v) is 9.79. The van der Waals surface area contributed by atoms with Crippen LogP contribution in [0.5, 0.6) is 0 Å². The van der Waals surface area contributed by atoms with Gasteiger partial charge in [0, 0.05) is 47.3 Å². The minimum absolute atomic E-state index is 0.0159. The molecule has 0 unspecified atom stereocenters. The van der Waals surface area contributed by atoms with Crippen LogP contribution in [0.25, 0.3) is 11.6 Å². The highest BCUT2D eigenvalue weighted by molar-refractivity contribution is 6.35. The first-order valence-corrected chi connectivity index (χ1v) is 15.7. The Labute approximate surface area is 252 Å². The van der Waals surface area contributed by atoms with Crippen molar-refractivity contribution in [1.29, 1.82) is 0 Å². The number of fused-ring (bicyclic) bond motifs is 2. The molecule has 3 aromatic rings. The van der Waals surface area contributed by atoms with Crippen LogP contribution in [0.3, 0.4) is 0 Å². The fraction of sp³-hybridized carbons (Fsp3) is 0.400. The molecule has 0 radical (unpaired) electrons. The summed E-state index contributed by atoms with van der Waals surface area (Å²) in [4.78, 5) is 48.2. The van der Waals surface area contributed by atoms with Crippen LogP contribution in [0.2, 0.25) is 0 Å². The summed E-state index contributed by atoms with van der Waals surface area (Å²) in [5.41, 5.74) is 7.91. The average Bonchev–Trinajstić information content (AvgIpc) is 3.83. The van der Waals surface area contributed by atoms with E-state index < -0.39 is 0 Å². The third kappa shape index (κ3) is 5.07. The van der Waals surface area contributed by atoms with Crippen LogP contribution in [0, 0.1) is 13.8 Å². The summed E-state index contributed by atoms with van der Waals surface area (Å²) in [6, 6.07) is 13.8. The molecule has 2 saturated heterocycles. The maximum absolute atomic E-state index is 13.9. The van der Waals surface area contributed by atoms with Crippen molar-refractivity contribution in [2.75, 3.05) is 31.5 Å². The van der Waals surface area contributed by atoms with Gasteiger partial charge in [-0.05, 0) is 106 Å². The molecule has 7 rings (SSSR count). The molecule has 222 valence electrons. The highest BCUT2D eigenvalue weighted by Gasteiger charge is 2.34. The predicted molar refractivity (Wildman–Crippen MR) is 168 cm³/mol. The van der Waals surface area contributed by atoms with Crippen LogP contribution in [-0.4, -0.2) is 64.7 Å².